The molecule has 0 spiro atoms. The molecule has 0 bridgehead atoms. The van der Waals surface area contributed by atoms with E-state index in [1.165, 1.54) is 5.57 Å². The van der Waals surface area contributed by atoms with Gasteiger partial charge in [-0.3, -0.25) is 9.59 Å². The highest BCUT2D eigenvalue weighted by Gasteiger charge is 2.69. The lowest BCUT2D eigenvalue weighted by Gasteiger charge is -2.69. The number of nitrogens with zero attached hydrogens (tertiary/aromatic N) is 1. The van der Waals surface area contributed by atoms with Gasteiger partial charge in [-0.25, -0.2) is 0 Å². The van der Waals surface area contributed by atoms with Crippen molar-refractivity contribution in [1.29, 1.82) is 5.26 Å². The Morgan fingerprint density at radius 1 is 1.00 bits per heavy atom. The van der Waals surface area contributed by atoms with Gasteiger partial charge in [0, 0.05) is 5.41 Å². The Balaban J connectivity index is 1.66. The van der Waals surface area contributed by atoms with Crippen LogP contribution in [0.1, 0.15) is 99.8 Å². The van der Waals surface area contributed by atoms with Crippen LogP contribution >= 0.6 is 0 Å². The highest BCUT2D eigenvalue weighted by Crippen LogP contribution is 2.75. The highest BCUT2D eigenvalue weighted by molar-refractivity contribution is 6.04. The van der Waals surface area contributed by atoms with E-state index < -0.39 is 16.8 Å². The Bertz CT molecular complexity index is 1100. The SMILES string of the molecule is CC1(C)CC[C@]2(C(=O)O)CC[C@]3(C)C(=CC[C@@H]4[C@@]5(C)C=C(C#N)C(=O)C(C)(C)[C@@H]5CC[C@]43C)C2C1. The third kappa shape index (κ3) is 2.90. The molecule has 7 atom stereocenters. The van der Waals surface area contributed by atoms with Crippen molar-refractivity contribution in [3.8, 4) is 6.07 Å². The van der Waals surface area contributed by atoms with E-state index in [1.807, 2.05) is 19.9 Å². The van der Waals surface area contributed by atoms with Crippen LogP contribution in [0.4, 0.5) is 0 Å². The Morgan fingerprint density at radius 2 is 1.66 bits per heavy atom. The van der Waals surface area contributed by atoms with Crippen LogP contribution in [0.2, 0.25) is 0 Å². The number of carbonyl (C=O) groups is 2. The average molecular weight is 478 g/mol. The number of allylic oxidation sites excluding steroid dienone is 4. The van der Waals surface area contributed by atoms with Crippen LogP contribution in [0, 0.1) is 61.6 Å². The second kappa shape index (κ2) is 7.11. The molecule has 0 saturated heterocycles. The molecule has 5 rings (SSSR count). The smallest absolute Gasteiger partial charge is 0.310 e. The molecule has 0 aromatic rings. The summed E-state index contributed by atoms with van der Waals surface area (Å²) >= 11 is 0. The molecule has 0 aromatic heterocycles. The van der Waals surface area contributed by atoms with Crippen LogP contribution in [0.3, 0.4) is 0 Å². The molecule has 5 aliphatic carbocycles. The zero-order valence-corrected chi connectivity index (χ0v) is 22.8. The van der Waals surface area contributed by atoms with Crippen molar-refractivity contribution in [3.63, 3.8) is 0 Å². The third-order valence-corrected chi connectivity index (χ3v) is 12.5. The van der Waals surface area contributed by atoms with Crippen molar-refractivity contribution in [2.24, 2.45) is 50.2 Å². The standard InChI is InChI=1S/C31H43NO3/c1-26(2)12-14-31(25(34)35)15-13-29(6)20(21(31)17-26)8-9-23-28(5)16-19(18-32)24(33)27(3,4)22(28)10-11-30(23,29)7/h8,16,21-23H,9-15,17H2,1-7H3,(H,34,35)/t21?,22-,23+,28-,29+,30+,31-/m0/s1. The topological polar surface area (TPSA) is 78.2 Å². The number of rotatable bonds is 1. The van der Waals surface area contributed by atoms with E-state index in [1.54, 1.807) is 0 Å². The van der Waals surface area contributed by atoms with Crippen molar-refractivity contribution in [3.05, 3.63) is 23.3 Å². The molecule has 4 nitrogen and oxygen atoms in total. The Morgan fingerprint density at radius 3 is 2.29 bits per heavy atom. The average Bonchev–Trinajstić information content (AvgIpc) is 2.76. The molecule has 0 heterocycles. The first-order valence-corrected chi connectivity index (χ1v) is 13.7. The van der Waals surface area contributed by atoms with Crippen LogP contribution in [-0.4, -0.2) is 16.9 Å². The second-order valence-corrected chi connectivity index (χ2v) is 14.8. The van der Waals surface area contributed by atoms with Crippen LogP contribution in [0.25, 0.3) is 0 Å². The molecule has 0 aliphatic heterocycles. The first-order valence-electron chi connectivity index (χ1n) is 13.7. The summed E-state index contributed by atoms with van der Waals surface area (Å²) in [5, 5.41) is 20.4. The summed E-state index contributed by atoms with van der Waals surface area (Å²) in [6.45, 7) is 15.9. The largest absolute Gasteiger partial charge is 0.481 e. The zero-order chi connectivity index (χ0) is 25.8. The molecule has 5 aliphatic rings. The minimum atomic E-state index is -0.627. The molecule has 35 heavy (non-hydrogen) atoms. The van der Waals surface area contributed by atoms with Gasteiger partial charge in [0.15, 0.2) is 5.78 Å². The molecule has 1 unspecified atom stereocenters. The van der Waals surface area contributed by atoms with Gasteiger partial charge in [0.05, 0.1) is 11.0 Å². The molecular formula is C31H43NO3. The van der Waals surface area contributed by atoms with Crippen molar-refractivity contribution in [2.45, 2.75) is 99.8 Å². The Hall–Kier alpha value is -1.89. The van der Waals surface area contributed by atoms with Gasteiger partial charge in [0.1, 0.15) is 6.07 Å². The van der Waals surface area contributed by atoms with Gasteiger partial charge < -0.3 is 5.11 Å². The minimum absolute atomic E-state index is 0.00210. The minimum Gasteiger partial charge on any atom is -0.481 e. The van der Waals surface area contributed by atoms with Gasteiger partial charge in [-0.15, -0.1) is 0 Å². The van der Waals surface area contributed by atoms with Gasteiger partial charge in [-0.2, -0.15) is 5.26 Å². The first kappa shape index (κ1) is 24.8. The Labute approximate surface area is 211 Å². The molecule has 0 aromatic carbocycles. The number of carboxylic acid groups (broad SMARTS) is 1. The predicted molar refractivity (Wildman–Crippen MR) is 136 cm³/mol. The van der Waals surface area contributed by atoms with Crippen molar-refractivity contribution in [1.82, 2.24) is 0 Å². The molecule has 0 amide bonds. The molecular weight excluding hydrogens is 434 g/mol. The fourth-order valence-electron chi connectivity index (χ4n) is 10.2. The lowest BCUT2D eigenvalue weighted by atomic mass is 9.34. The summed E-state index contributed by atoms with van der Waals surface area (Å²) in [5.74, 6) is 0.0368. The maximum absolute atomic E-state index is 13.2. The van der Waals surface area contributed by atoms with Crippen molar-refractivity contribution < 1.29 is 14.7 Å². The number of Topliss-reactive ketones (excluding diaryl/α,β-unsaturated/α-hetero) is 1. The number of carboxylic acids is 1. The Kier molecular flexibility index (Phi) is 5.04. The summed E-state index contributed by atoms with van der Waals surface area (Å²) in [5.41, 5.74) is 0.443. The first-order chi connectivity index (χ1) is 16.1. The van der Waals surface area contributed by atoms with Gasteiger partial charge in [0.25, 0.3) is 0 Å². The molecule has 1 N–H and O–H groups in total. The number of hydrogen-bond donors (Lipinski definition) is 1. The summed E-state index contributed by atoms with van der Waals surface area (Å²) in [6.07, 6.45) is 11.8. The zero-order valence-electron chi connectivity index (χ0n) is 22.8. The summed E-state index contributed by atoms with van der Waals surface area (Å²) in [6, 6.07) is 2.24. The molecule has 0 radical (unpaired) electrons. The van der Waals surface area contributed by atoms with E-state index in [0.717, 1.165) is 51.4 Å². The molecule has 190 valence electrons. The highest BCUT2D eigenvalue weighted by atomic mass is 16.4. The van der Waals surface area contributed by atoms with E-state index in [9.17, 15) is 20.0 Å². The van der Waals surface area contributed by atoms with Crippen LogP contribution < -0.4 is 0 Å². The monoisotopic (exact) mass is 477 g/mol. The van der Waals surface area contributed by atoms with Gasteiger partial charge in [-0.05, 0) is 90.8 Å². The predicted octanol–water partition coefficient (Wildman–Crippen LogP) is 7.11. The molecule has 3 fully saturated rings. The fourth-order valence-corrected chi connectivity index (χ4v) is 10.2. The maximum Gasteiger partial charge on any atom is 0.310 e. The second-order valence-electron chi connectivity index (χ2n) is 14.8. The fraction of sp³-hybridized carbons (Fsp3) is 0.774. The third-order valence-electron chi connectivity index (χ3n) is 12.5. The normalized spacial score (nSPS) is 47.6. The summed E-state index contributed by atoms with van der Waals surface area (Å²) in [7, 11) is 0. The van der Waals surface area contributed by atoms with E-state index in [4.69, 9.17) is 0 Å². The van der Waals surface area contributed by atoms with Crippen molar-refractivity contribution in [2.75, 3.05) is 0 Å². The van der Waals surface area contributed by atoms with E-state index in [0.29, 0.717) is 11.5 Å². The number of nitriles is 1. The van der Waals surface area contributed by atoms with Crippen LogP contribution in [0.15, 0.2) is 23.3 Å². The van der Waals surface area contributed by atoms with E-state index >= 15 is 0 Å². The summed E-state index contributed by atoms with van der Waals surface area (Å²) in [4.78, 5) is 25.9. The van der Waals surface area contributed by atoms with E-state index in [-0.39, 0.29) is 39.3 Å². The molecule has 3 saturated carbocycles. The lowest BCUT2D eigenvalue weighted by molar-refractivity contribution is -0.174. The number of carbonyl (C=O) groups excluding carboxylic acids is 1. The summed E-state index contributed by atoms with van der Waals surface area (Å²) < 4.78 is 0. The van der Waals surface area contributed by atoms with Crippen molar-refractivity contribution >= 4 is 11.8 Å². The van der Waals surface area contributed by atoms with Crippen LogP contribution in [0.5, 0.6) is 0 Å². The number of ketones is 1. The number of aliphatic carboxylic acids is 1. The number of fused-ring (bicyclic) bond motifs is 7. The molecule has 4 heteroatoms. The number of hydrogen-bond acceptors (Lipinski definition) is 3. The van der Waals surface area contributed by atoms with Gasteiger partial charge in [-0.1, -0.05) is 66.2 Å². The van der Waals surface area contributed by atoms with Crippen LogP contribution in [-0.2, 0) is 9.59 Å². The maximum atomic E-state index is 13.2. The van der Waals surface area contributed by atoms with Gasteiger partial charge >= 0.3 is 5.97 Å². The quantitative estimate of drug-likeness (QED) is 0.408. The van der Waals surface area contributed by atoms with Gasteiger partial charge in [0.2, 0.25) is 0 Å². The lowest BCUT2D eigenvalue weighted by Crippen LogP contribution is -2.64. The van der Waals surface area contributed by atoms with E-state index in [2.05, 4.69) is 46.8 Å².